The first-order chi connectivity index (χ1) is 7.70. The van der Waals surface area contributed by atoms with E-state index in [1.54, 1.807) is 12.1 Å². The normalized spacial score (nSPS) is 10.3. The SMILES string of the molecule is OCc1ccnc(-c2ccc(O)c(O)c2)n1. The van der Waals surface area contributed by atoms with E-state index >= 15 is 0 Å². The van der Waals surface area contributed by atoms with Gasteiger partial charge >= 0.3 is 0 Å². The van der Waals surface area contributed by atoms with Crippen LogP contribution in [0.5, 0.6) is 11.5 Å². The zero-order valence-electron chi connectivity index (χ0n) is 8.33. The number of rotatable bonds is 2. The van der Waals surface area contributed by atoms with E-state index in [1.807, 2.05) is 0 Å². The van der Waals surface area contributed by atoms with Gasteiger partial charge in [0, 0.05) is 11.8 Å². The smallest absolute Gasteiger partial charge is 0.159 e. The molecule has 82 valence electrons. The van der Waals surface area contributed by atoms with Crippen molar-refractivity contribution in [1.82, 2.24) is 9.97 Å². The minimum Gasteiger partial charge on any atom is -0.504 e. The van der Waals surface area contributed by atoms with Gasteiger partial charge in [-0.15, -0.1) is 0 Å². The summed E-state index contributed by atoms with van der Waals surface area (Å²) < 4.78 is 0. The van der Waals surface area contributed by atoms with Gasteiger partial charge in [-0.25, -0.2) is 9.97 Å². The van der Waals surface area contributed by atoms with Crippen LogP contribution >= 0.6 is 0 Å². The Morgan fingerprint density at radius 1 is 1.06 bits per heavy atom. The number of aliphatic hydroxyl groups is 1. The molecule has 1 aromatic heterocycles. The highest BCUT2D eigenvalue weighted by molar-refractivity contribution is 5.60. The standard InChI is InChI=1S/C11H10N2O3/c14-6-8-3-4-12-11(13-8)7-1-2-9(15)10(16)5-7/h1-5,14-16H,6H2. The van der Waals surface area contributed by atoms with Crippen molar-refractivity contribution in [3.63, 3.8) is 0 Å². The monoisotopic (exact) mass is 218 g/mol. The molecular formula is C11H10N2O3. The van der Waals surface area contributed by atoms with Gasteiger partial charge in [0.1, 0.15) is 0 Å². The van der Waals surface area contributed by atoms with Crippen LogP contribution in [0, 0.1) is 0 Å². The molecule has 3 N–H and O–H groups in total. The molecule has 0 aliphatic carbocycles. The Kier molecular flexibility index (Phi) is 2.70. The number of benzene rings is 1. The first kappa shape index (κ1) is 10.4. The van der Waals surface area contributed by atoms with Crippen LogP contribution in [0.3, 0.4) is 0 Å². The fourth-order valence-electron chi connectivity index (χ4n) is 1.29. The molecule has 1 heterocycles. The van der Waals surface area contributed by atoms with E-state index in [4.69, 9.17) is 10.2 Å². The summed E-state index contributed by atoms with van der Waals surface area (Å²) in [6.45, 7) is -0.167. The molecule has 5 heteroatoms. The third kappa shape index (κ3) is 1.94. The third-order valence-electron chi connectivity index (χ3n) is 2.11. The summed E-state index contributed by atoms with van der Waals surface area (Å²) in [5, 5.41) is 27.4. The van der Waals surface area contributed by atoms with Crippen LogP contribution in [0.15, 0.2) is 30.5 Å². The lowest BCUT2D eigenvalue weighted by Crippen LogP contribution is -1.94. The molecule has 0 unspecified atom stereocenters. The highest BCUT2D eigenvalue weighted by Gasteiger charge is 2.05. The topological polar surface area (TPSA) is 86.5 Å². The zero-order valence-corrected chi connectivity index (χ0v) is 8.33. The largest absolute Gasteiger partial charge is 0.504 e. The molecule has 0 saturated carbocycles. The van der Waals surface area contributed by atoms with Crippen molar-refractivity contribution in [3.05, 3.63) is 36.2 Å². The molecule has 16 heavy (non-hydrogen) atoms. The van der Waals surface area contributed by atoms with Crippen LogP contribution in [0.1, 0.15) is 5.69 Å². The zero-order chi connectivity index (χ0) is 11.5. The molecule has 0 saturated heterocycles. The Morgan fingerprint density at radius 2 is 1.88 bits per heavy atom. The quantitative estimate of drug-likeness (QED) is 0.656. The maximum Gasteiger partial charge on any atom is 0.159 e. The minimum atomic E-state index is -0.226. The predicted molar refractivity (Wildman–Crippen MR) is 56.7 cm³/mol. The van der Waals surface area contributed by atoms with Crippen LogP contribution in [0.2, 0.25) is 0 Å². The molecule has 5 nitrogen and oxygen atoms in total. The van der Waals surface area contributed by atoms with Crippen LogP contribution in [0.25, 0.3) is 11.4 Å². The summed E-state index contributed by atoms with van der Waals surface area (Å²) in [5.41, 5.74) is 1.07. The first-order valence-corrected chi connectivity index (χ1v) is 4.66. The molecule has 0 atom stereocenters. The second-order valence-electron chi connectivity index (χ2n) is 3.23. The van der Waals surface area contributed by atoms with Crippen molar-refractivity contribution < 1.29 is 15.3 Å². The molecular weight excluding hydrogens is 208 g/mol. The highest BCUT2D eigenvalue weighted by atomic mass is 16.3. The predicted octanol–water partition coefficient (Wildman–Crippen LogP) is 1.05. The van der Waals surface area contributed by atoms with Gasteiger partial charge in [0.05, 0.1) is 12.3 Å². The average Bonchev–Trinajstić information content (AvgIpc) is 2.33. The summed E-state index contributed by atoms with van der Waals surface area (Å²) in [4.78, 5) is 8.09. The molecule has 0 bridgehead atoms. The van der Waals surface area contributed by atoms with Crippen LogP contribution < -0.4 is 0 Å². The molecule has 0 fully saturated rings. The van der Waals surface area contributed by atoms with Gasteiger partial charge in [-0.3, -0.25) is 0 Å². The van der Waals surface area contributed by atoms with E-state index in [2.05, 4.69) is 9.97 Å². The molecule has 2 aromatic rings. The van der Waals surface area contributed by atoms with Gasteiger partial charge in [-0.05, 0) is 24.3 Å². The number of aromatic hydroxyl groups is 2. The van der Waals surface area contributed by atoms with Crippen molar-refractivity contribution >= 4 is 0 Å². The van der Waals surface area contributed by atoms with Gasteiger partial charge in [-0.1, -0.05) is 0 Å². The van der Waals surface area contributed by atoms with Gasteiger partial charge in [0.25, 0.3) is 0 Å². The van der Waals surface area contributed by atoms with E-state index in [0.29, 0.717) is 17.1 Å². The molecule has 0 spiro atoms. The molecule has 0 amide bonds. The first-order valence-electron chi connectivity index (χ1n) is 4.66. The number of nitrogens with zero attached hydrogens (tertiary/aromatic N) is 2. The number of phenolic OH excluding ortho intramolecular Hbond substituents is 2. The number of aliphatic hydroxyl groups excluding tert-OH is 1. The van der Waals surface area contributed by atoms with Crippen molar-refractivity contribution in [2.24, 2.45) is 0 Å². The fourth-order valence-corrected chi connectivity index (χ4v) is 1.29. The maximum atomic E-state index is 9.33. The van der Waals surface area contributed by atoms with Crippen molar-refractivity contribution in [3.8, 4) is 22.9 Å². The maximum absolute atomic E-state index is 9.33. The second kappa shape index (κ2) is 4.16. The Balaban J connectivity index is 2.46. The van der Waals surface area contributed by atoms with Crippen LogP contribution in [0.4, 0.5) is 0 Å². The number of aromatic nitrogens is 2. The molecule has 0 aliphatic heterocycles. The van der Waals surface area contributed by atoms with E-state index in [9.17, 15) is 5.11 Å². The second-order valence-corrected chi connectivity index (χ2v) is 3.23. The summed E-state index contributed by atoms with van der Waals surface area (Å²) in [6, 6.07) is 5.92. The molecule has 0 radical (unpaired) electrons. The van der Waals surface area contributed by atoms with Crippen molar-refractivity contribution in [1.29, 1.82) is 0 Å². The van der Waals surface area contributed by atoms with Gasteiger partial charge in [-0.2, -0.15) is 0 Å². The molecule has 1 aromatic carbocycles. The Morgan fingerprint density at radius 3 is 2.56 bits per heavy atom. The lowest BCUT2D eigenvalue weighted by Gasteiger charge is -2.03. The van der Waals surface area contributed by atoms with E-state index < -0.39 is 0 Å². The Labute approximate surface area is 91.7 Å². The third-order valence-corrected chi connectivity index (χ3v) is 2.11. The van der Waals surface area contributed by atoms with E-state index in [1.165, 1.54) is 18.3 Å². The minimum absolute atomic E-state index is 0.167. The van der Waals surface area contributed by atoms with Crippen LogP contribution in [-0.2, 0) is 6.61 Å². The van der Waals surface area contributed by atoms with Gasteiger partial charge in [0.15, 0.2) is 17.3 Å². The number of phenols is 2. The number of hydrogen-bond donors (Lipinski definition) is 3. The lowest BCUT2D eigenvalue weighted by atomic mass is 10.2. The van der Waals surface area contributed by atoms with E-state index in [0.717, 1.165) is 0 Å². The highest BCUT2D eigenvalue weighted by Crippen LogP contribution is 2.28. The van der Waals surface area contributed by atoms with Crippen molar-refractivity contribution in [2.75, 3.05) is 0 Å². The van der Waals surface area contributed by atoms with E-state index in [-0.39, 0.29) is 18.1 Å². The summed E-state index contributed by atoms with van der Waals surface area (Å²) in [6.07, 6.45) is 1.53. The Bertz CT molecular complexity index is 514. The van der Waals surface area contributed by atoms with Gasteiger partial charge in [0.2, 0.25) is 0 Å². The molecule has 2 rings (SSSR count). The fraction of sp³-hybridized carbons (Fsp3) is 0.0909. The number of hydrogen-bond acceptors (Lipinski definition) is 5. The van der Waals surface area contributed by atoms with Crippen molar-refractivity contribution in [2.45, 2.75) is 6.61 Å². The van der Waals surface area contributed by atoms with Crippen LogP contribution in [-0.4, -0.2) is 25.3 Å². The lowest BCUT2D eigenvalue weighted by molar-refractivity contribution is 0.277. The summed E-state index contributed by atoms with van der Waals surface area (Å²) in [7, 11) is 0. The van der Waals surface area contributed by atoms with Gasteiger partial charge < -0.3 is 15.3 Å². The summed E-state index contributed by atoms with van der Waals surface area (Å²) in [5.74, 6) is -0.0283. The Hall–Kier alpha value is -2.14. The average molecular weight is 218 g/mol. The molecule has 0 aliphatic rings. The summed E-state index contributed by atoms with van der Waals surface area (Å²) >= 11 is 0.